The Labute approximate surface area is 125 Å². The third-order valence-corrected chi connectivity index (χ3v) is 4.18. The first-order valence-electron chi connectivity index (χ1n) is 5.68. The summed E-state index contributed by atoms with van der Waals surface area (Å²) in [5.41, 5.74) is 1.79. The topological polar surface area (TPSA) is 31.6 Å². The molecule has 1 heterocycles. The van der Waals surface area contributed by atoms with E-state index in [0.29, 0.717) is 11.5 Å². The van der Waals surface area contributed by atoms with Crippen molar-refractivity contribution >= 4 is 27.5 Å². The molecule has 0 N–H and O–H groups in total. The Morgan fingerprint density at radius 1 is 1.16 bits per heavy atom. The second kappa shape index (κ2) is 5.88. The molecule has 2 rings (SSSR count). The van der Waals surface area contributed by atoms with Crippen molar-refractivity contribution in [2.24, 2.45) is 0 Å². The van der Waals surface area contributed by atoms with Gasteiger partial charge in [-0.05, 0) is 41.1 Å². The first-order chi connectivity index (χ1) is 9.10. The second-order valence-corrected chi connectivity index (χ2v) is 5.23. The van der Waals surface area contributed by atoms with Gasteiger partial charge in [-0.3, -0.25) is 0 Å². The van der Waals surface area contributed by atoms with Crippen LogP contribution >= 0.6 is 27.5 Å². The lowest BCUT2D eigenvalue weighted by Gasteiger charge is -2.16. The third-order valence-electron chi connectivity index (χ3n) is 2.96. The molecule has 1 unspecified atom stereocenters. The summed E-state index contributed by atoms with van der Waals surface area (Å²) in [7, 11) is 3.21. The van der Waals surface area contributed by atoms with Gasteiger partial charge in [-0.2, -0.15) is 0 Å². The Hall–Kier alpha value is -1.13. The number of rotatable bonds is 4. The van der Waals surface area contributed by atoms with E-state index >= 15 is 0 Å². The predicted octanol–water partition coefficient (Wildman–Crippen LogP) is 4.70. The fourth-order valence-electron chi connectivity index (χ4n) is 1.94. The second-order valence-electron chi connectivity index (χ2n) is 4.00. The summed E-state index contributed by atoms with van der Waals surface area (Å²) >= 11 is 10.00. The summed E-state index contributed by atoms with van der Waals surface area (Å²) in [4.78, 5) is 0. The summed E-state index contributed by atoms with van der Waals surface area (Å²) in [6.07, 6.45) is 1.63. The molecule has 0 saturated carbocycles. The van der Waals surface area contributed by atoms with E-state index in [1.165, 1.54) is 0 Å². The average molecular weight is 346 g/mol. The zero-order valence-electron chi connectivity index (χ0n) is 10.9. The highest BCUT2D eigenvalue weighted by Gasteiger charge is 2.22. The summed E-state index contributed by atoms with van der Waals surface area (Å²) in [5, 5.41) is -0.337. The molecule has 0 aliphatic rings. The maximum atomic E-state index is 6.53. The molecule has 102 valence electrons. The molecule has 0 amide bonds. The van der Waals surface area contributed by atoms with Crippen LogP contribution in [-0.4, -0.2) is 14.2 Å². The molecular formula is C14H14BrClO3. The molecular weight excluding hydrogens is 332 g/mol. The van der Waals surface area contributed by atoms with Gasteiger partial charge in [0.1, 0.15) is 21.7 Å². The standard InChI is InChI=1S/C14H14BrClO3/c1-8-9(6-7-19-8)13(16)10-4-5-11(17-2)12(15)14(10)18-3/h4-7,13H,1-3H3. The van der Waals surface area contributed by atoms with E-state index in [-0.39, 0.29) is 5.38 Å². The van der Waals surface area contributed by atoms with Crippen molar-refractivity contribution in [2.75, 3.05) is 14.2 Å². The van der Waals surface area contributed by atoms with E-state index in [1.54, 1.807) is 20.5 Å². The highest BCUT2D eigenvalue weighted by molar-refractivity contribution is 9.10. The minimum Gasteiger partial charge on any atom is -0.495 e. The lowest BCUT2D eigenvalue weighted by molar-refractivity contribution is 0.386. The molecule has 19 heavy (non-hydrogen) atoms. The zero-order valence-corrected chi connectivity index (χ0v) is 13.2. The average Bonchev–Trinajstić information content (AvgIpc) is 2.83. The number of methoxy groups -OCH3 is 2. The predicted molar refractivity (Wildman–Crippen MR) is 78.4 cm³/mol. The number of ether oxygens (including phenoxy) is 2. The van der Waals surface area contributed by atoms with E-state index in [1.807, 2.05) is 25.1 Å². The third kappa shape index (κ3) is 2.60. The maximum Gasteiger partial charge on any atom is 0.141 e. The van der Waals surface area contributed by atoms with Crippen LogP contribution in [0.25, 0.3) is 0 Å². The molecule has 3 nitrogen and oxygen atoms in total. The first kappa shape index (κ1) is 14.3. The highest BCUT2D eigenvalue weighted by atomic mass is 79.9. The molecule has 5 heteroatoms. The molecule has 1 aromatic carbocycles. The molecule has 0 saturated heterocycles. The Morgan fingerprint density at radius 3 is 2.42 bits per heavy atom. The minimum atomic E-state index is -0.337. The van der Waals surface area contributed by atoms with Crippen molar-refractivity contribution in [1.82, 2.24) is 0 Å². The van der Waals surface area contributed by atoms with Gasteiger partial charge in [0.25, 0.3) is 0 Å². The van der Waals surface area contributed by atoms with Crippen molar-refractivity contribution in [1.29, 1.82) is 0 Å². The molecule has 1 atom stereocenters. The van der Waals surface area contributed by atoms with E-state index in [4.69, 9.17) is 25.5 Å². The summed E-state index contributed by atoms with van der Waals surface area (Å²) in [5.74, 6) is 2.17. The minimum absolute atomic E-state index is 0.337. The maximum absolute atomic E-state index is 6.53. The Bertz CT molecular complexity index is 580. The fourth-order valence-corrected chi connectivity index (χ4v) is 3.03. The molecule has 1 aromatic heterocycles. The molecule has 0 aliphatic heterocycles. The van der Waals surface area contributed by atoms with Crippen molar-refractivity contribution < 1.29 is 13.9 Å². The van der Waals surface area contributed by atoms with Crippen LogP contribution in [0.3, 0.4) is 0 Å². The van der Waals surface area contributed by atoms with Gasteiger partial charge < -0.3 is 13.9 Å². The number of aryl methyl sites for hydroxylation is 1. The number of halogens is 2. The monoisotopic (exact) mass is 344 g/mol. The fraction of sp³-hybridized carbons (Fsp3) is 0.286. The summed E-state index contributed by atoms with van der Waals surface area (Å²) in [6.45, 7) is 1.88. The number of benzene rings is 1. The first-order valence-corrected chi connectivity index (χ1v) is 6.91. The smallest absolute Gasteiger partial charge is 0.141 e. The van der Waals surface area contributed by atoms with Gasteiger partial charge in [0.05, 0.1) is 25.9 Å². The zero-order chi connectivity index (χ0) is 14.0. The van der Waals surface area contributed by atoms with Gasteiger partial charge in [-0.1, -0.05) is 0 Å². The van der Waals surface area contributed by atoms with Crippen LogP contribution in [0, 0.1) is 6.92 Å². The van der Waals surface area contributed by atoms with Crippen LogP contribution in [-0.2, 0) is 0 Å². The Kier molecular flexibility index (Phi) is 4.42. The molecule has 0 bridgehead atoms. The summed E-state index contributed by atoms with van der Waals surface area (Å²) < 4.78 is 16.7. The number of alkyl halides is 1. The van der Waals surface area contributed by atoms with Crippen LogP contribution in [0.4, 0.5) is 0 Å². The van der Waals surface area contributed by atoms with Crippen molar-refractivity contribution in [2.45, 2.75) is 12.3 Å². The van der Waals surface area contributed by atoms with Gasteiger partial charge in [-0.25, -0.2) is 0 Å². The molecule has 2 aromatic rings. The van der Waals surface area contributed by atoms with E-state index in [0.717, 1.165) is 21.4 Å². The highest BCUT2D eigenvalue weighted by Crippen LogP contribution is 2.44. The van der Waals surface area contributed by atoms with Gasteiger partial charge in [-0.15, -0.1) is 11.6 Å². The quantitative estimate of drug-likeness (QED) is 0.753. The molecule has 0 radical (unpaired) electrons. The van der Waals surface area contributed by atoms with Crippen LogP contribution in [0.2, 0.25) is 0 Å². The number of hydrogen-bond donors (Lipinski definition) is 0. The van der Waals surface area contributed by atoms with E-state index < -0.39 is 0 Å². The lowest BCUT2D eigenvalue weighted by Crippen LogP contribution is -2.00. The van der Waals surface area contributed by atoms with Gasteiger partial charge in [0.15, 0.2) is 0 Å². The van der Waals surface area contributed by atoms with Gasteiger partial charge in [0.2, 0.25) is 0 Å². The lowest BCUT2D eigenvalue weighted by atomic mass is 10.0. The van der Waals surface area contributed by atoms with Crippen LogP contribution < -0.4 is 9.47 Å². The van der Waals surface area contributed by atoms with Crippen LogP contribution in [0.5, 0.6) is 11.5 Å². The largest absolute Gasteiger partial charge is 0.495 e. The Balaban J connectivity index is 2.51. The van der Waals surface area contributed by atoms with Gasteiger partial charge >= 0.3 is 0 Å². The van der Waals surface area contributed by atoms with Crippen molar-refractivity contribution in [3.05, 3.63) is 45.8 Å². The van der Waals surface area contributed by atoms with E-state index in [2.05, 4.69) is 15.9 Å². The van der Waals surface area contributed by atoms with Crippen molar-refractivity contribution in [3.63, 3.8) is 0 Å². The van der Waals surface area contributed by atoms with Gasteiger partial charge in [0, 0.05) is 11.1 Å². The molecule has 0 fully saturated rings. The van der Waals surface area contributed by atoms with E-state index in [9.17, 15) is 0 Å². The number of furan rings is 1. The van der Waals surface area contributed by atoms with Crippen molar-refractivity contribution in [3.8, 4) is 11.5 Å². The number of hydrogen-bond acceptors (Lipinski definition) is 3. The molecule has 0 spiro atoms. The SMILES string of the molecule is COc1ccc(C(Cl)c2ccoc2C)c(OC)c1Br. The Morgan fingerprint density at radius 2 is 1.89 bits per heavy atom. The summed E-state index contributed by atoms with van der Waals surface area (Å²) in [6, 6.07) is 5.61. The van der Waals surface area contributed by atoms with Crippen LogP contribution in [0.1, 0.15) is 22.3 Å². The normalized spacial score (nSPS) is 12.3. The van der Waals surface area contributed by atoms with Crippen LogP contribution in [0.15, 0.2) is 33.4 Å². The molecule has 0 aliphatic carbocycles.